The fourth-order valence-electron chi connectivity index (χ4n) is 4.33. The van der Waals surface area contributed by atoms with Crippen LogP contribution in [-0.4, -0.2) is 48.9 Å². The van der Waals surface area contributed by atoms with Crippen LogP contribution in [-0.2, 0) is 0 Å². The van der Waals surface area contributed by atoms with Gasteiger partial charge in [-0.1, -0.05) is 6.07 Å². The second kappa shape index (κ2) is 8.49. The summed E-state index contributed by atoms with van der Waals surface area (Å²) in [5.41, 5.74) is 5.16. The number of aryl methyl sites for hydroxylation is 1. The SMILES string of the molecule is Cc1cc(C2C(c3ccccn3)NC(=S)N2CCO)c(C)n1-c1ccc(C(=O)O)cc1. The van der Waals surface area contributed by atoms with Crippen LogP contribution < -0.4 is 5.32 Å². The first-order chi connectivity index (χ1) is 14.9. The Balaban J connectivity index is 1.80. The van der Waals surface area contributed by atoms with Crippen LogP contribution in [0.25, 0.3) is 5.69 Å². The maximum atomic E-state index is 11.2. The number of aliphatic hydroxyl groups excluding tert-OH is 1. The summed E-state index contributed by atoms with van der Waals surface area (Å²) in [5.74, 6) is -0.948. The van der Waals surface area contributed by atoms with E-state index in [1.807, 2.05) is 49.1 Å². The summed E-state index contributed by atoms with van der Waals surface area (Å²) in [6, 6.07) is 14.5. The van der Waals surface area contributed by atoms with E-state index in [0.717, 1.165) is 28.3 Å². The molecule has 0 bridgehead atoms. The number of nitrogens with one attached hydrogen (secondary N) is 1. The quantitative estimate of drug-likeness (QED) is 0.512. The third-order valence-electron chi connectivity index (χ3n) is 5.70. The molecule has 2 unspecified atom stereocenters. The van der Waals surface area contributed by atoms with Crippen molar-refractivity contribution in [3.8, 4) is 5.69 Å². The van der Waals surface area contributed by atoms with E-state index in [9.17, 15) is 15.0 Å². The van der Waals surface area contributed by atoms with Gasteiger partial charge in [-0.15, -0.1) is 0 Å². The second-order valence-corrected chi connectivity index (χ2v) is 7.94. The van der Waals surface area contributed by atoms with Crippen LogP contribution in [0.2, 0.25) is 0 Å². The van der Waals surface area contributed by atoms with E-state index in [1.165, 1.54) is 0 Å². The van der Waals surface area contributed by atoms with Gasteiger partial charge in [-0.2, -0.15) is 0 Å². The van der Waals surface area contributed by atoms with Crippen LogP contribution in [0.1, 0.15) is 45.1 Å². The van der Waals surface area contributed by atoms with Crippen LogP contribution in [0, 0.1) is 13.8 Å². The van der Waals surface area contributed by atoms with E-state index in [-0.39, 0.29) is 24.3 Å². The molecule has 1 fully saturated rings. The van der Waals surface area contributed by atoms with Crippen LogP contribution in [0.5, 0.6) is 0 Å². The molecule has 0 saturated carbocycles. The van der Waals surface area contributed by atoms with Gasteiger partial charge in [-0.05, 0) is 74.1 Å². The molecule has 0 radical (unpaired) electrons. The molecule has 31 heavy (non-hydrogen) atoms. The molecular formula is C23H24N4O3S. The molecule has 1 aliphatic rings. The minimum atomic E-state index is -0.948. The first-order valence-electron chi connectivity index (χ1n) is 10.0. The summed E-state index contributed by atoms with van der Waals surface area (Å²) in [6.45, 7) is 4.47. The van der Waals surface area contributed by atoms with Crippen molar-refractivity contribution < 1.29 is 15.0 Å². The van der Waals surface area contributed by atoms with Crippen molar-refractivity contribution in [2.24, 2.45) is 0 Å². The zero-order chi connectivity index (χ0) is 22.1. The summed E-state index contributed by atoms with van der Waals surface area (Å²) < 4.78 is 2.11. The number of carbonyl (C=O) groups is 1. The molecule has 2 atom stereocenters. The number of hydrogen-bond donors (Lipinski definition) is 3. The third kappa shape index (κ3) is 3.80. The van der Waals surface area contributed by atoms with Gasteiger partial charge in [0.15, 0.2) is 5.11 Å². The van der Waals surface area contributed by atoms with E-state index in [1.54, 1.807) is 18.3 Å². The lowest BCUT2D eigenvalue weighted by molar-refractivity contribution is 0.0697. The standard InChI is InChI=1S/C23H24N4O3S/c1-14-13-18(15(2)27(14)17-8-6-16(7-9-17)22(29)30)21-20(19-5-3-4-10-24-19)25-23(31)26(21)11-12-28/h3-10,13,20-21,28H,11-12H2,1-2H3,(H,25,31)(H,29,30). The number of rotatable bonds is 6. The fraction of sp³-hybridized carbons (Fsp3) is 0.261. The number of nitrogens with zero attached hydrogens (tertiary/aromatic N) is 3. The van der Waals surface area contributed by atoms with Gasteiger partial charge in [0.1, 0.15) is 0 Å². The Bertz CT molecular complexity index is 1110. The largest absolute Gasteiger partial charge is 0.478 e. The summed E-state index contributed by atoms with van der Waals surface area (Å²) in [6.07, 6.45) is 1.76. The van der Waals surface area contributed by atoms with Gasteiger partial charge in [0.05, 0.1) is 29.9 Å². The Morgan fingerprint density at radius 2 is 1.94 bits per heavy atom. The fourth-order valence-corrected chi connectivity index (χ4v) is 4.66. The number of aliphatic hydroxyl groups is 1. The van der Waals surface area contributed by atoms with Crippen molar-refractivity contribution in [1.82, 2.24) is 19.8 Å². The minimum absolute atomic E-state index is 0.0113. The van der Waals surface area contributed by atoms with Gasteiger partial charge in [0.25, 0.3) is 0 Å². The number of hydrogen-bond acceptors (Lipinski definition) is 4. The number of thiocarbonyl (C=S) groups is 1. The van der Waals surface area contributed by atoms with Gasteiger partial charge >= 0.3 is 5.97 Å². The molecule has 3 aromatic rings. The molecule has 0 aliphatic carbocycles. The van der Waals surface area contributed by atoms with Gasteiger partial charge in [-0.3, -0.25) is 4.98 Å². The monoisotopic (exact) mass is 436 g/mol. The predicted molar refractivity (Wildman–Crippen MR) is 121 cm³/mol. The first kappa shape index (κ1) is 21.0. The zero-order valence-electron chi connectivity index (χ0n) is 17.3. The lowest BCUT2D eigenvalue weighted by Gasteiger charge is -2.27. The topological polar surface area (TPSA) is 90.6 Å². The van der Waals surface area contributed by atoms with Gasteiger partial charge in [-0.25, -0.2) is 4.79 Å². The van der Waals surface area contributed by atoms with Crippen LogP contribution in [0.3, 0.4) is 0 Å². The van der Waals surface area contributed by atoms with E-state index in [0.29, 0.717) is 11.7 Å². The highest BCUT2D eigenvalue weighted by molar-refractivity contribution is 7.80. The maximum Gasteiger partial charge on any atom is 0.335 e. The number of aromatic carboxylic acids is 1. The Labute approximate surface area is 186 Å². The van der Waals surface area contributed by atoms with Crippen LogP contribution in [0.4, 0.5) is 0 Å². The molecule has 7 nitrogen and oxygen atoms in total. The first-order valence-corrected chi connectivity index (χ1v) is 10.4. The number of carboxylic acids is 1. The van der Waals surface area contributed by atoms with Crippen molar-refractivity contribution in [2.75, 3.05) is 13.2 Å². The maximum absolute atomic E-state index is 11.2. The number of carboxylic acid groups (broad SMARTS) is 1. The molecule has 0 spiro atoms. The highest BCUT2D eigenvalue weighted by Gasteiger charge is 2.41. The number of aromatic nitrogens is 2. The number of β-amino-alcohol motifs (C(OH)–C–C–N with tert-alkyl or cyclic N) is 1. The van der Waals surface area contributed by atoms with E-state index in [4.69, 9.17) is 12.2 Å². The van der Waals surface area contributed by atoms with Gasteiger partial charge in [0, 0.05) is 29.8 Å². The molecule has 4 rings (SSSR count). The van der Waals surface area contributed by atoms with Gasteiger partial charge in [0.2, 0.25) is 0 Å². The zero-order valence-corrected chi connectivity index (χ0v) is 18.1. The molecule has 3 N–H and O–H groups in total. The van der Waals surface area contributed by atoms with Crippen molar-refractivity contribution in [2.45, 2.75) is 25.9 Å². The van der Waals surface area contributed by atoms with E-state index in [2.05, 4.69) is 20.9 Å². The second-order valence-electron chi connectivity index (χ2n) is 7.56. The molecule has 1 aromatic carbocycles. The molecule has 8 heteroatoms. The lowest BCUT2D eigenvalue weighted by Crippen LogP contribution is -2.32. The van der Waals surface area contributed by atoms with Crippen molar-refractivity contribution in [3.63, 3.8) is 0 Å². The van der Waals surface area contributed by atoms with Crippen molar-refractivity contribution >= 4 is 23.3 Å². The smallest absolute Gasteiger partial charge is 0.335 e. The summed E-state index contributed by atoms with van der Waals surface area (Å²) in [4.78, 5) is 17.7. The van der Waals surface area contributed by atoms with E-state index < -0.39 is 5.97 Å². The predicted octanol–water partition coefficient (Wildman–Crippen LogP) is 3.15. The number of pyridine rings is 1. The third-order valence-corrected chi connectivity index (χ3v) is 6.05. The molecule has 2 aromatic heterocycles. The number of benzene rings is 1. The Hall–Kier alpha value is -3.23. The lowest BCUT2D eigenvalue weighted by atomic mass is 9.97. The highest BCUT2D eigenvalue weighted by atomic mass is 32.1. The average molecular weight is 437 g/mol. The summed E-state index contributed by atoms with van der Waals surface area (Å²) in [7, 11) is 0. The molecule has 1 aliphatic heterocycles. The van der Waals surface area contributed by atoms with Crippen molar-refractivity contribution in [3.05, 3.63) is 82.9 Å². The Morgan fingerprint density at radius 3 is 2.55 bits per heavy atom. The average Bonchev–Trinajstić information content (AvgIpc) is 3.24. The molecular weight excluding hydrogens is 412 g/mol. The Morgan fingerprint density at radius 1 is 1.19 bits per heavy atom. The minimum Gasteiger partial charge on any atom is -0.478 e. The molecule has 0 amide bonds. The van der Waals surface area contributed by atoms with Crippen molar-refractivity contribution in [1.29, 1.82) is 0 Å². The molecule has 1 saturated heterocycles. The van der Waals surface area contributed by atoms with Crippen LogP contribution in [0.15, 0.2) is 54.7 Å². The van der Waals surface area contributed by atoms with Gasteiger partial charge < -0.3 is 25.0 Å². The summed E-state index contributed by atoms with van der Waals surface area (Å²) >= 11 is 5.59. The molecule has 160 valence electrons. The Kier molecular flexibility index (Phi) is 5.75. The molecule has 3 heterocycles. The summed E-state index contributed by atoms with van der Waals surface area (Å²) in [5, 5.41) is 22.8. The van der Waals surface area contributed by atoms with E-state index >= 15 is 0 Å². The normalized spacial score (nSPS) is 18.3. The highest BCUT2D eigenvalue weighted by Crippen LogP contribution is 2.41. The van der Waals surface area contributed by atoms with Crippen LogP contribution >= 0.6 is 12.2 Å².